The van der Waals surface area contributed by atoms with Gasteiger partial charge in [0.2, 0.25) is 0 Å². The van der Waals surface area contributed by atoms with Crippen molar-refractivity contribution in [3.63, 3.8) is 0 Å². The van der Waals surface area contributed by atoms with Crippen molar-refractivity contribution >= 4 is 17.0 Å². The molecular formula is C10H13N5O3. The zero-order valence-electron chi connectivity index (χ0n) is 9.47. The number of nitrogens with two attached hydrogens (primary N) is 1. The van der Waals surface area contributed by atoms with Gasteiger partial charge in [-0.3, -0.25) is 4.57 Å². The van der Waals surface area contributed by atoms with Gasteiger partial charge in [-0.2, -0.15) is 0 Å². The van der Waals surface area contributed by atoms with Gasteiger partial charge in [-0.05, 0) is 0 Å². The normalized spacial score (nSPS) is 28.0. The molecule has 0 saturated carbocycles. The monoisotopic (exact) mass is 252 g/mol. The first kappa shape index (κ1) is 11.3. The van der Waals surface area contributed by atoms with Crippen molar-refractivity contribution in [2.45, 2.75) is 24.9 Å². The quantitative estimate of drug-likeness (QED) is 0.589. The molecule has 0 aromatic carbocycles. The zero-order chi connectivity index (χ0) is 12.7. The number of fused-ring (bicyclic) bond motifs is 1. The van der Waals surface area contributed by atoms with E-state index in [1.165, 1.54) is 6.33 Å². The summed E-state index contributed by atoms with van der Waals surface area (Å²) >= 11 is 0. The minimum absolute atomic E-state index is 0.221. The van der Waals surface area contributed by atoms with Crippen LogP contribution in [0.3, 0.4) is 0 Å². The third kappa shape index (κ3) is 1.62. The second-order valence-electron chi connectivity index (χ2n) is 4.20. The molecule has 0 bridgehead atoms. The topological polar surface area (TPSA) is 119 Å². The van der Waals surface area contributed by atoms with Crippen LogP contribution in [0.4, 0.5) is 5.82 Å². The van der Waals surface area contributed by atoms with Crippen LogP contribution in [0.25, 0.3) is 11.2 Å². The van der Waals surface area contributed by atoms with E-state index in [2.05, 4.69) is 15.0 Å². The molecule has 1 saturated heterocycles. The van der Waals surface area contributed by atoms with Gasteiger partial charge in [0.05, 0.1) is 19.0 Å². The molecule has 8 nitrogen and oxygen atoms in total. The molecule has 3 rings (SSSR count). The average molecular weight is 252 g/mol. The van der Waals surface area contributed by atoms with E-state index in [-0.39, 0.29) is 6.61 Å². The molecule has 0 amide bonds. The molecule has 1 aliphatic heterocycles. The molecule has 8 heteroatoms. The van der Waals surface area contributed by atoms with E-state index >= 15 is 0 Å². The number of aliphatic hydroxyl groups is 2. The van der Waals surface area contributed by atoms with Gasteiger partial charge >= 0.3 is 0 Å². The summed E-state index contributed by atoms with van der Waals surface area (Å²) in [5, 5.41) is 18.8. The van der Waals surface area contributed by atoms with Crippen LogP contribution in [0, 0.1) is 0 Å². The van der Waals surface area contributed by atoms with Gasteiger partial charge in [0.15, 0.2) is 11.5 Å². The number of hydrogen-bond donors (Lipinski definition) is 3. The lowest BCUT2D eigenvalue weighted by atomic mass is 10.3. The molecule has 0 unspecified atom stereocenters. The van der Waals surface area contributed by atoms with Gasteiger partial charge in [-0.25, -0.2) is 15.0 Å². The lowest BCUT2D eigenvalue weighted by Gasteiger charge is -2.13. The number of ether oxygens (including phenoxy) is 1. The smallest absolute Gasteiger partial charge is 0.167 e. The van der Waals surface area contributed by atoms with Crippen molar-refractivity contribution in [2.24, 2.45) is 0 Å². The first-order chi connectivity index (χ1) is 8.70. The SMILES string of the molecule is Nc1ncnc2c1ncn2[C@H]1[13CH2][C@H](O)[C@@H](CO)O1. The highest BCUT2D eigenvalue weighted by atomic mass is 16.6. The van der Waals surface area contributed by atoms with E-state index < -0.39 is 18.4 Å². The van der Waals surface area contributed by atoms with Crippen molar-refractivity contribution in [2.75, 3.05) is 12.3 Å². The number of rotatable bonds is 2. The molecule has 3 atom stereocenters. The maximum atomic E-state index is 9.71. The molecule has 96 valence electrons. The fourth-order valence-electron chi connectivity index (χ4n) is 2.13. The minimum atomic E-state index is -0.698. The third-order valence-electron chi connectivity index (χ3n) is 3.08. The van der Waals surface area contributed by atoms with Crippen molar-refractivity contribution < 1.29 is 14.9 Å². The largest absolute Gasteiger partial charge is 0.394 e. The third-order valence-corrected chi connectivity index (χ3v) is 3.08. The van der Waals surface area contributed by atoms with Crippen molar-refractivity contribution in [1.29, 1.82) is 0 Å². The van der Waals surface area contributed by atoms with E-state index in [1.54, 1.807) is 10.9 Å². The summed E-state index contributed by atoms with van der Waals surface area (Å²) in [7, 11) is 0. The fourth-order valence-corrected chi connectivity index (χ4v) is 2.13. The number of nitrogens with zero attached hydrogens (tertiary/aromatic N) is 4. The maximum absolute atomic E-state index is 9.71. The average Bonchev–Trinajstić information content (AvgIpc) is 2.93. The highest BCUT2D eigenvalue weighted by Crippen LogP contribution is 2.30. The first-order valence-corrected chi connectivity index (χ1v) is 5.58. The van der Waals surface area contributed by atoms with Gasteiger partial charge in [0.1, 0.15) is 24.2 Å². The van der Waals surface area contributed by atoms with Crippen LogP contribution >= 0.6 is 0 Å². The standard InChI is InChI=1S/C10H13N5O3/c11-9-8-10(13-3-12-9)15(4-14-8)7-1-5(17)6(2-16)18-7/h3-7,16-17H,1-2H2,(H2,11,12,13)/t5-,6+,7+/m0/s1/i1+1. The maximum Gasteiger partial charge on any atom is 0.167 e. The van der Waals surface area contributed by atoms with Crippen molar-refractivity contribution in [3.8, 4) is 0 Å². The Labute approximate surface area is 102 Å². The fraction of sp³-hybridized carbons (Fsp3) is 0.500. The Hall–Kier alpha value is -1.77. The van der Waals surface area contributed by atoms with Crippen LogP contribution < -0.4 is 5.73 Å². The Bertz CT molecular complexity index is 572. The summed E-state index contributed by atoms with van der Waals surface area (Å²) in [6, 6.07) is 0. The highest BCUT2D eigenvalue weighted by molar-refractivity contribution is 5.81. The Morgan fingerprint density at radius 3 is 3.00 bits per heavy atom. The van der Waals surface area contributed by atoms with E-state index in [0.717, 1.165) is 0 Å². The van der Waals surface area contributed by atoms with E-state index in [0.29, 0.717) is 23.4 Å². The van der Waals surface area contributed by atoms with E-state index in [4.69, 9.17) is 15.6 Å². The highest BCUT2D eigenvalue weighted by Gasteiger charge is 2.35. The molecule has 1 fully saturated rings. The van der Waals surface area contributed by atoms with Crippen LogP contribution in [0.1, 0.15) is 12.6 Å². The second kappa shape index (κ2) is 4.16. The van der Waals surface area contributed by atoms with Crippen LogP contribution in [0.5, 0.6) is 0 Å². The summed E-state index contributed by atoms with van der Waals surface area (Å²) < 4.78 is 7.22. The van der Waals surface area contributed by atoms with Crippen LogP contribution in [-0.2, 0) is 4.74 Å². The number of anilines is 1. The van der Waals surface area contributed by atoms with Crippen LogP contribution in [-0.4, -0.2) is 48.5 Å². The Kier molecular flexibility index (Phi) is 2.62. The molecule has 18 heavy (non-hydrogen) atoms. The number of nitrogen functional groups attached to an aromatic ring is 1. The first-order valence-electron chi connectivity index (χ1n) is 5.58. The van der Waals surface area contributed by atoms with Gasteiger partial charge in [-0.15, -0.1) is 0 Å². The molecule has 4 N–H and O–H groups in total. The van der Waals surface area contributed by atoms with Crippen LogP contribution in [0.2, 0.25) is 0 Å². The summed E-state index contributed by atoms with van der Waals surface area (Å²) in [5.74, 6) is 0.302. The Morgan fingerprint density at radius 1 is 1.44 bits per heavy atom. The van der Waals surface area contributed by atoms with Crippen LogP contribution in [0.15, 0.2) is 12.7 Å². The molecule has 0 radical (unpaired) electrons. The minimum Gasteiger partial charge on any atom is -0.394 e. The number of aliphatic hydroxyl groups excluding tert-OH is 2. The molecule has 2 aromatic heterocycles. The summed E-state index contributed by atoms with van der Waals surface area (Å²) in [5.41, 5.74) is 6.75. The van der Waals surface area contributed by atoms with E-state index in [9.17, 15) is 5.11 Å². The molecule has 0 spiro atoms. The molecular weight excluding hydrogens is 239 g/mol. The molecule has 2 aromatic rings. The predicted molar refractivity (Wildman–Crippen MR) is 61.4 cm³/mol. The van der Waals surface area contributed by atoms with Gasteiger partial charge in [-0.1, -0.05) is 0 Å². The molecule has 1 aliphatic rings. The van der Waals surface area contributed by atoms with E-state index in [1.807, 2.05) is 0 Å². The number of hydrogen-bond acceptors (Lipinski definition) is 7. The summed E-state index contributed by atoms with van der Waals surface area (Å²) in [4.78, 5) is 12.1. The van der Waals surface area contributed by atoms with Gasteiger partial charge < -0.3 is 20.7 Å². The number of aromatic nitrogens is 4. The molecule has 0 aliphatic carbocycles. The van der Waals surface area contributed by atoms with Crippen molar-refractivity contribution in [3.05, 3.63) is 12.7 Å². The second-order valence-corrected chi connectivity index (χ2v) is 4.20. The predicted octanol–water partition coefficient (Wildman–Crippen LogP) is -0.951. The summed E-state index contributed by atoms with van der Waals surface area (Å²) in [6.45, 7) is -0.221. The van der Waals surface area contributed by atoms with Gasteiger partial charge in [0.25, 0.3) is 0 Å². The Morgan fingerprint density at radius 2 is 2.28 bits per heavy atom. The molecule has 3 heterocycles. The Balaban J connectivity index is 1.99. The summed E-state index contributed by atoms with van der Waals surface area (Å²) in [6.07, 6.45) is 1.60. The zero-order valence-corrected chi connectivity index (χ0v) is 9.47. The lowest BCUT2D eigenvalue weighted by Crippen LogP contribution is -2.24. The number of imidazole rings is 1. The van der Waals surface area contributed by atoms with Crippen molar-refractivity contribution in [1.82, 2.24) is 19.5 Å². The van der Waals surface area contributed by atoms with Gasteiger partial charge in [0, 0.05) is 6.42 Å². The lowest BCUT2D eigenvalue weighted by molar-refractivity contribution is -0.0432.